The molecule has 0 aromatic heterocycles. The summed E-state index contributed by atoms with van der Waals surface area (Å²) in [7, 11) is -2.17. The molecule has 1 aliphatic rings. The molecule has 8 heteroatoms. The van der Waals surface area contributed by atoms with Crippen LogP contribution in [0.2, 0.25) is 0 Å². The largest absolute Gasteiger partial charge is 0.494 e. The SMILES string of the molecule is COc1ccc(CC(=O)N2CCN(S(=O)(=O)/C=C/c3ccccc3)CC2)cc1F. The number of carbonyl (C=O) groups is 1. The van der Waals surface area contributed by atoms with Gasteiger partial charge in [-0.2, -0.15) is 4.31 Å². The van der Waals surface area contributed by atoms with Crippen LogP contribution in [0.3, 0.4) is 0 Å². The van der Waals surface area contributed by atoms with Crippen molar-refractivity contribution in [2.24, 2.45) is 0 Å². The second-order valence-electron chi connectivity index (χ2n) is 6.68. The van der Waals surface area contributed by atoms with Gasteiger partial charge < -0.3 is 9.64 Å². The summed E-state index contributed by atoms with van der Waals surface area (Å²) in [4.78, 5) is 14.1. The molecule has 0 N–H and O–H groups in total. The minimum atomic E-state index is -3.55. The molecule has 2 aromatic rings. The monoisotopic (exact) mass is 418 g/mol. The molecule has 0 atom stereocenters. The second kappa shape index (κ2) is 9.19. The molecule has 154 valence electrons. The maximum Gasteiger partial charge on any atom is 0.236 e. The minimum absolute atomic E-state index is 0.0571. The van der Waals surface area contributed by atoms with E-state index in [9.17, 15) is 17.6 Å². The molecule has 3 rings (SSSR count). The number of carbonyl (C=O) groups excluding carboxylic acids is 1. The van der Waals surface area contributed by atoms with Crippen LogP contribution in [0.4, 0.5) is 4.39 Å². The number of ether oxygens (including phenoxy) is 1. The van der Waals surface area contributed by atoms with Gasteiger partial charge in [-0.05, 0) is 29.3 Å². The molecule has 1 fully saturated rings. The number of piperazine rings is 1. The van der Waals surface area contributed by atoms with Crippen LogP contribution in [0.15, 0.2) is 53.9 Å². The maximum absolute atomic E-state index is 13.8. The summed E-state index contributed by atoms with van der Waals surface area (Å²) in [5.74, 6) is -0.547. The van der Waals surface area contributed by atoms with Crippen LogP contribution in [0.25, 0.3) is 6.08 Å². The van der Waals surface area contributed by atoms with E-state index in [1.807, 2.05) is 30.3 Å². The summed E-state index contributed by atoms with van der Waals surface area (Å²) in [6, 6.07) is 13.6. The fourth-order valence-electron chi connectivity index (χ4n) is 3.11. The first-order valence-electron chi connectivity index (χ1n) is 9.22. The number of rotatable bonds is 6. The van der Waals surface area contributed by atoms with Crippen LogP contribution < -0.4 is 4.74 Å². The summed E-state index contributed by atoms with van der Waals surface area (Å²) >= 11 is 0. The number of sulfonamides is 1. The van der Waals surface area contributed by atoms with Gasteiger partial charge in [0, 0.05) is 31.6 Å². The third kappa shape index (κ3) is 5.42. The topological polar surface area (TPSA) is 66.9 Å². The van der Waals surface area contributed by atoms with Gasteiger partial charge in [-0.25, -0.2) is 12.8 Å². The lowest BCUT2D eigenvalue weighted by atomic mass is 10.1. The van der Waals surface area contributed by atoms with E-state index >= 15 is 0 Å². The Hall–Kier alpha value is -2.71. The van der Waals surface area contributed by atoms with Crippen LogP contribution in [-0.2, 0) is 21.2 Å². The summed E-state index contributed by atoms with van der Waals surface area (Å²) in [6.07, 6.45) is 1.62. The van der Waals surface area contributed by atoms with Crippen LogP contribution in [0, 0.1) is 5.82 Å². The Morgan fingerprint density at radius 1 is 1.10 bits per heavy atom. The lowest BCUT2D eigenvalue weighted by Crippen LogP contribution is -2.50. The Kier molecular flexibility index (Phi) is 6.66. The molecule has 0 bridgehead atoms. The summed E-state index contributed by atoms with van der Waals surface area (Å²) < 4.78 is 45.0. The number of halogens is 1. The van der Waals surface area contributed by atoms with Crippen LogP contribution in [-0.4, -0.2) is 56.8 Å². The smallest absolute Gasteiger partial charge is 0.236 e. The molecule has 0 saturated carbocycles. The molecule has 1 amide bonds. The highest BCUT2D eigenvalue weighted by molar-refractivity contribution is 7.92. The van der Waals surface area contributed by atoms with E-state index in [0.717, 1.165) is 5.56 Å². The molecule has 2 aromatic carbocycles. The van der Waals surface area contributed by atoms with Crippen molar-refractivity contribution >= 4 is 22.0 Å². The van der Waals surface area contributed by atoms with E-state index < -0.39 is 15.8 Å². The number of amides is 1. The number of hydrogen-bond acceptors (Lipinski definition) is 4. The van der Waals surface area contributed by atoms with Gasteiger partial charge in [0.15, 0.2) is 11.6 Å². The summed E-state index contributed by atoms with van der Waals surface area (Å²) in [6.45, 7) is 1.06. The molecule has 1 heterocycles. The molecular weight excluding hydrogens is 395 g/mol. The molecule has 0 unspecified atom stereocenters. The van der Waals surface area contributed by atoms with E-state index in [4.69, 9.17) is 4.74 Å². The number of hydrogen-bond donors (Lipinski definition) is 0. The molecule has 1 aliphatic heterocycles. The zero-order chi connectivity index (χ0) is 20.9. The quantitative estimate of drug-likeness (QED) is 0.723. The predicted octanol–water partition coefficient (Wildman–Crippen LogP) is 2.52. The van der Waals surface area contributed by atoms with E-state index in [-0.39, 0.29) is 31.2 Å². The van der Waals surface area contributed by atoms with Crippen molar-refractivity contribution in [3.8, 4) is 5.75 Å². The molecule has 29 heavy (non-hydrogen) atoms. The minimum Gasteiger partial charge on any atom is -0.494 e. The third-order valence-corrected chi connectivity index (χ3v) is 6.32. The standard InChI is InChI=1S/C21H23FN2O4S/c1-28-20-8-7-18(15-19(20)22)16-21(25)23-10-12-24(13-11-23)29(26,27)14-9-17-5-3-2-4-6-17/h2-9,14-15H,10-13,16H2,1H3/b14-9+. The number of benzene rings is 2. The number of methoxy groups -OCH3 is 1. The highest BCUT2D eigenvalue weighted by atomic mass is 32.2. The Balaban J connectivity index is 1.56. The van der Waals surface area contributed by atoms with Gasteiger partial charge in [0.2, 0.25) is 15.9 Å². The lowest BCUT2D eigenvalue weighted by molar-refractivity contribution is -0.131. The zero-order valence-electron chi connectivity index (χ0n) is 16.1. The van der Waals surface area contributed by atoms with Crippen molar-refractivity contribution in [2.75, 3.05) is 33.3 Å². The van der Waals surface area contributed by atoms with Gasteiger partial charge in [-0.3, -0.25) is 4.79 Å². The molecule has 0 spiro atoms. The zero-order valence-corrected chi connectivity index (χ0v) is 16.9. The van der Waals surface area contributed by atoms with Crippen molar-refractivity contribution in [3.05, 3.63) is 70.9 Å². The second-order valence-corrected chi connectivity index (χ2v) is 8.50. The lowest BCUT2D eigenvalue weighted by Gasteiger charge is -2.33. The van der Waals surface area contributed by atoms with Crippen LogP contribution in [0.1, 0.15) is 11.1 Å². The molecule has 0 radical (unpaired) electrons. The van der Waals surface area contributed by atoms with Crippen molar-refractivity contribution in [3.63, 3.8) is 0 Å². The maximum atomic E-state index is 13.8. The van der Waals surface area contributed by atoms with E-state index in [0.29, 0.717) is 18.7 Å². The van der Waals surface area contributed by atoms with E-state index in [1.54, 1.807) is 17.0 Å². The van der Waals surface area contributed by atoms with Gasteiger partial charge >= 0.3 is 0 Å². The third-order valence-electron chi connectivity index (χ3n) is 4.75. The van der Waals surface area contributed by atoms with E-state index in [1.165, 1.54) is 29.0 Å². The van der Waals surface area contributed by atoms with Gasteiger partial charge in [0.25, 0.3) is 0 Å². The Morgan fingerprint density at radius 2 is 1.79 bits per heavy atom. The van der Waals surface area contributed by atoms with E-state index in [2.05, 4.69) is 0 Å². The molecule has 0 aliphatic carbocycles. The Bertz CT molecular complexity index is 985. The fraction of sp³-hybridized carbons (Fsp3) is 0.286. The normalized spacial score (nSPS) is 15.6. The van der Waals surface area contributed by atoms with Gasteiger partial charge in [0.05, 0.1) is 13.5 Å². The summed E-state index contributed by atoms with van der Waals surface area (Å²) in [5.41, 5.74) is 1.35. The van der Waals surface area contributed by atoms with Gasteiger partial charge in [0.1, 0.15) is 0 Å². The average molecular weight is 418 g/mol. The molecular formula is C21H23FN2O4S. The van der Waals surface area contributed by atoms with Crippen molar-refractivity contribution < 1.29 is 22.3 Å². The highest BCUT2D eigenvalue weighted by Crippen LogP contribution is 2.19. The van der Waals surface area contributed by atoms with Crippen molar-refractivity contribution in [2.45, 2.75) is 6.42 Å². The first kappa shape index (κ1) is 21.0. The first-order chi connectivity index (χ1) is 13.9. The van der Waals surface area contributed by atoms with Gasteiger partial charge in [-0.1, -0.05) is 36.4 Å². The Morgan fingerprint density at radius 3 is 2.41 bits per heavy atom. The number of nitrogens with zero attached hydrogens (tertiary/aromatic N) is 2. The molecule has 1 saturated heterocycles. The van der Waals surface area contributed by atoms with Crippen molar-refractivity contribution in [1.82, 2.24) is 9.21 Å². The predicted molar refractivity (Wildman–Crippen MR) is 109 cm³/mol. The molecule has 6 nitrogen and oxygen atoms in total. The van der Waals surface area contributed by atoms with Crippen LogP contribution >= 0.6 is 0 Å². The van der Waals surface area contributed by atoms with Crippen LogP contribution in [0.5, 0.6) is 5.75 Å². The average Bonchev–Trinajstić information content (AvgIpc) is 2.73. The van der Waals surface area contributed by atoms with Gasteiger partial charge in [-0.15, -0.1) is 0 Å². The Labute approximate surface area is 170 Å². The first-order valence-corrected chi connectivity index (χ1v) is 10.7. The summed E-state index contributed by atoms with van der Waals surface area (Å²) in [5, 5.41) is 1.19. The fourth-order valence-corrected chi connectivity index (χ4v) is 4.29. The van der Waals surface area contributed by atoms with Crippen molar-refractivity contribution in [1.29, 1.82) is 0 Å². The highest BCUT2D eigenvalue weighted by Gasteiger charge is 2.27.